The highest BCUT2D eigenvalue weighted by Gasteiger charge is 2.31. The lowest BCUT2D eigenvalue weighted by Crippen LogP contribution is -2.48. The third-order valence-corrected chi connectivity index (χ3v) is 6.38. The van der Waals surface area contributed by atoms with Gasteiger partial charge in [0.05, 0.1) is 12.0 Å². The van der Waals surface area contributed by atoms with Gasteiger partial charge in [0, 0.05) is 12.5 Å². The Balaban J connectivity index is 1.43. The topological polar surface area (TPSA) is 131 Å². The summed E-state index contributed by atoms with van der Waals surface area (Å²) in [4.78, 5) is 49.7. The molecule has 0 saturated carbocycles. The highest BCUT2D eigenvalue weighted by Crippen LogP contribution is 2.44. The number of benzene rings is 3. The fourth-order valence-corrected chi connectivity index (χ4v) is 4.67. The molecule has 0 radical (unpaired) electrons. The van der Waals surface area contributed by atoms with E-state index >= 15 is 0 Å². The first-order valence-corrected chi connectivity index (χ1v) is 12.9. The second-order valence-electron chi connectivity index (χ2n) is 10.5. The van der Waals surface area contributed by atoms with E-state index in [1.54, 1.807) is 32.9 Å². The zero-order valence-electron chi connectivity index (χ0n) is 22.6. The molecule has 1 atom stereocenters. The lowest BCUT2D eigenvalue weighted by molar-refractivity contribution is -0.156. The van der Waals surface area contributed by atoms with Gasteiger partial charge in [-0.25, -0.2) is 9.59 Å². The summed E-state index contributed by atoms with van der Waals surface area (Å²) in [6.45, 7) is 5.15. The molecule has 0 fully saturated rings. The van der Waals surface area contributed by atoms with Gasteiger partial charge < -0.3 is 25.2 Å². The first kappa shape index (κ1) is 28.4. The van der Waals surface area contributed by atoms with Gasteiger partial charge in [-0.1, -0.05) is 60.7 Å². The molecule has 9 heteroatoms. The molecule has 0 aromatic heterocycles. The van der Waals surface area contributed by atoms with E-state index in [0.29, 0.717) is 5.56 Å². The van der Waals surface area contributed by atoms with E-state index < -0.39 is 42.0 Å². The van der Waals surface area contributed by atoms with Crippen LogP contribution in [0.25, 0.3) is 11.1 Å². The standard InChI is InChI=1S/C31H32N2O7/c1-31(2,3)40-27(34)16-26(28(35)32-17-19-9-8-10-20(15-19)29(36)37)33-30(38)39-18-25-23-13-6-4-11-21(23)22-12-5-7-14-24(22)25/h4-15,25-26H,16-18H2,1-3H3,(H,32,35)(H,33,38)(H,36,37)/t26-/m0/s1. The fourth-order valence-electron chi connectivity index (χ4n) is 4.67. The second-order valence-corrected chi connectivity index (χ2v) is 10.5. The van der Waals surface area contributed by atoms with E-state index in [2.05, 4.69) is 10.6 Å². The van der Waals surface area contributed by atoms with Gasteiger partial charge in [-0.05, 0) is 60.7 Å². The van der Waals surface area contributed by atoms with Crippen molar-refractivity contribution in [2.75, 3.05) is 6.61 Å². The van der Waals surface area contributed by atoms with Gasteiger partial charge in [0.15, 0.2) is 0 Å². The molecule has 3 N–H and O–H groups in total. The summed E-state index contributed by atoms with van der Waals surface area (Å²) in [5.41, 5.74) is 4.10. The molecule has 40 heavy (non-hydrogen) atoms. The lowest BCUT2D eigenvalue weighted by Gasteiger charge is -2.23. The van der Waals surface area contributed by atoms with Crippen LogP contribution in [0.1, 0.15) is 60.2 Å². The highest BCUT2D eigenvalue weighted by molar-refractivity contribution is 5.90. The normalized spacial score (nSPS) is 13.0. The molecular formula is C31H32N2O7. The molecule has 0 aliphatic heterocycles. The fraction of sp³-hybridized carbons (Fsp3) is 0.290. The smallest absolute Gasteiger partial charge is 0.407 e. The maximum Gasteiger partial charge on any atom is 0.407 e. The third kappa shape index (κ3) is 7.05. The van der Waals surface area contributed by atoms with Gasteiger partial charge >= 0.3 is 18.0 Å². The van der Waals surface area contributed by atoms with Gasteiger partial charge in [0.1, 0.15) is 18.2 Å². The Morgan fingerprint density at radius 1 is 0.900 bits per heavy atom. The van der Waals surface area contributed by atoms with Crippen molar-refractivity contribution in [3.05, 3.63) is 95.1 Å². The van der Waals surface area contributed by atoms with Crippen molar-refractivity contribution in [2.24, 2.45) is 0 Å². The molecule has 9 nitrogen and oxygen atoms in total. The number of alkyl carbamates (subject to hydrolysis) is 1. The van der Waals surface area contributed by atoms with E-state index in [9.17, 15) is 24.3 Å². The predicted octanol–water partition coefficient (Wildman–Crippen LogP) is 4.64. The van der Waals surface area contributed by atoms with E-state index in [1.807, 2.05) is 48.5 Å². The summed E-state index contributed by atoms with van der Waals surface area (Å²) >= 11 is 0. The Morgan fingerprint density at radius 2 is 1.52 bits per heavy atom. The van der Waals surface area contributed by atoms with Crippen LogP contribution in [0, 0.1) is 0 Å². The maximum atomic E-state index is 13.1. The quantitative estimate of drug-likeness (QED) is 0.335. The number of nitrogens with one attached hydrogen (secondary N) is 2. The largest absolute Gasteiger partial charge is 0.478 e. The number of hydrogen-bond donors (Lipinski definition) is 3. The highest BCUT2D eigenvalue weighted by atomic mass is 16.6. The Kier molecular flexibility index (Phi) is 8.52. The number of fused-ring (bicyclic) bond motifs is 3. The van der Waals surface area contributed by atoms with Crippen LogP contribution in [0.2, 0.25) is 0 Å². The molecule has 3 aromatic carbocycles. The molecule has 1 aliphatic rings. The predicted molar refractivity (Wildman–Crippen MR) is 148 cm³/mol. The van der Waals surface area contributed by atoms with Crippen molar-refractivity contribution in [2.45, 2.75) is 51.3 Å². The number of carbonyl (C=O) groups excluding carboxylic acids is 3. The maximum absolute atomic E-state index is 13.1. The number of carboxylic acid groups (broad SMARTS) is 1. The number of rotatable bonds is 9. The number of amides is 2. The van der Waals surface area contributed by atoms with E-state index in [-0.39, 0.29) is 24.6 Å². The average Bonchev–Trinajstić information content (AvgIpc) is 3.23. The number of esters is 1. The van der Waals surface area contributed by atoms with Crippen molar-refractivity contribution < 1.29 is 33.8 Å². The molecular weight excluding hydrogens is 512 g/mol. The summed E-state index contributed by atoms with van der Waals surface area (Å²) in [5.74, 6) is -2.56. The Morgan fingerprint density at radius 3 is 2.12 bits per heavy atom. The molecule has 1 aliphatic carbocycles. The van der Waals surface area contributed by atoms with Crippen LogP contribution in [-0.2, 0) is 25.6 Å². The lowest BCUT2D eigenvalue weighted by atomic mass is 9.98. The summed E-state index contributed by atoms with van der Waals surface area (Å²) in [7, 11) is 0. The van der Waals surface area contributed by atoms with Crippen molar-refractivity contribution in [3.8, 4) is 11.1 Å². The molecule has 0 spiro atoms. The monoisotopic (exact) mass is 544 g/mol. The molecule has 4 rings (SSSR count). The molecule has 0 heterocycles. The number of hydrogen-bond acceptors (Lipinski definition) is 6. The zero-order valence-corrected chi connectivity index (χ0v) is 22.6. The van der Waals surface area contributed by atoms with Crippen LogP contribution < -0.4 is 10.6 Å². The Bertz CT molecular complexity index is 1380. The molecule has 2 amide bonds. The molecule has 0 saturated heterocycles. The molecule has 3 aromatic rings. The van der Waals surface area contributed by atoms with Crippen molar-refractivity contribution >= 4 is 23.9 Å². The number of carboxylic acids is 1. The van der Waals surface area contributed by atoms with Crippen LogP contribution in [0.4, 0.5) is 4.79 Å². The average molecular weight is 545 g/mol. The molecule has 208 valence electrons. The first-order valence-electron chi connectivity index (χ1n) is 12.9. The van der Waals surface area contributed by atoms with Crippen LogP contribution in [-0.4, -0.2) is 47.3 Å². The first-order chi connectivity index (χ1) is 19.0. The minimum absolute atomic E-state index is 0.00284. The van der Waals surface area contributed by atoms with Gasteiger partial charge in [0.2, 0.25) is 5.91 Å². The van der Waals surface area contributed by atoms with Gasteiger partial charge in [-0.2, -0.15) is 0 Å². The Hall–Kier alpha value is -4.66. The SMILES string of the molecule is CC(C)(C)OC(=O)C[C@H](NC(=O)OCC1c2ccccc2-c2ccccc21)C(=O)NCc1cccc(C(=O)O)c1. The van der Waals surface area contributed by atoms with E-state index in [0.717, 1.165) is 22.3 Å². The summed E-state index contributed by atoms with van der Waals surface area (Å²) in [5, 5.41) is 14.4. The third-order valence-electron chi connectivity index (χ3n) is 6.38. The molecule has 0 unspecified atom stereocenters. The van der Waals surface area contributed by atoms with Crippen LogP contribution in [0.3, 0.4) is 0 Å². The molecule has 0 bridgehead atoms. The summed E-state index contributed by atoms with van der Waals surface area (Å²) in [6.07, 6.45) is -1.26. The van der Waals surface area contributed by atoms with Crippen molar-refractivity contribution in [1.29, 1.82) is 0 Å². The van der Waals surface area contributed by atoms with Gasteiger partial charge in [-0.15, -0.1) is 0 Å². The van der Waals surface area contributed by atoms with Gasteiger partial charge in [-0.3, -0.25) is 9.59 Å². The minimum atomic E-state index is -1.27. The van der Waals surface area contributed by atoms with Crippen LogP contribution in [0.5, 0.6) is 0 Å². The van der Waals surface area contributed by atoms with Crippen molar-refractivity contribution in [3.63, 3.8) is 0 Å². The number of aromatic carboxylic acids is 1. The van der Waals surface area contributed by atoms with Crippen LogP contribution >= 0.6 is 0 Å². The Labute approximate surface area is 232 Å². The van der Waals surface area contributed by atoms with E-state index in [4.69, 9.17) is 9.47 Å². The summed E-state index contributed by atoms with van der Waals surface area (Å²) in [6, 6.07) is 20.7. The summed E-state index contributed by atoms with van der Waals surface area (Å²) < 4.78 is 10.9. The minimum Gasteiger partial charge on any atom is -0.478 e. The number of ether oxygens (including phenoxy) is 2. The number of carbonyl (C=O) groups is 4. The van der Waals surface area contributed by atoms with Crippen LogP contribution in [0.15, 0.2) is 72.8 Å². The zero-order chi connectivity index (χ0) is 28.9. The van der Waals surface area contributed by atoms with Gasteiger partial charge in [0.25, 0.3) is 0 Å². The van der Waals surface area contributed by atoms with Crippen molar-refractivity contribution in [1.82, 2.24) is 10.6 Å². The van der Waals surface area contributed by atoms with E-state index in [1.165, 1.54) is 12.1 Å². The second kappa shape index (κ2) is 12.0.